The minimum absolute atomic E-state index is 0.0531. The van der Waals surface area contributed by atoms with Gasteiger partial charge in [-0.3, -0.25) is 4.79 Å². The highest BCUT2D eigenvalue weighted by molar-refractivity contribution is 5.91. The van der Waals surface area contributed by atoms with Crippen molar-refractivity contribution < 1.29 is 19.1 Å². The van der Waals surface area contributed by atoms with Crippen LogP contribution in [0.5, 0.6) is 0 Å². The number of carboxylic acids is 1. The van der Waals surface area contributed by atoms with Gasteiger partial charge in [0.05, 0.1) is 12.2 Å². The van der Waals surface area contributed by atoms with Crippen molar-refractivity contribution in [2.24, 2.45) is 5.73 Å². The molecule has 0 bridgehead atoms. The van der Waals surface area contributed by atoms with E-state index >= 15 is 0 Å². The molecule has 1 heterocycles. The lowest BCUT2D eigenvalue weighted by Gasteiger charge is -2.20. The molecule has 0 spiro atoms. The summed E-state index contributed by atoms with van der Waals surface area (Å²) in [6.07, 6.45) is 0.174. The standard InChI is InChI=1S/C12H14FN3O3/c13-8-3-1-2-4-9(8)15-11(19)16-6-5-12(14,7-16)10(17)18/h1-4H,5-7,14H2,(H,15,19)(H,17,18). The van der Waals surface area contributed by atoms with Crippen LogP contribution in [0.4, 0.5) is 14.9 Å². The first kappa shape index (κ1) is 13.3. The third kappa shape index (κ3) is 2.65. The van der Waals surface area contributed by atoms with E-state index in [0.717, 1.165) is 0 Å². The third-order valence-electron chi connectivity index (χ3n) is 3.13. The molecule has 4 N–H and O–H groups in total. The summed E-state index contributed by atoms with van der Waals surface area (Å²) < 4.78 is 13.4. The van der Waals surface area contributed by atoms with E-state index in [1.165, 1.54) is 23.1 Å². The molecule has 19 heavy (non-hydrogen) atoms. The van der Waals surface area contributed by atoms with Crippen molar-refractivity contribution in [3.05, 3.63) is 30.1 Å². The van der Waals surface area contributed by atoms with Crippen molar-refractivity contribution in [3.63, 3.8) is 0 Å². The maximum Gasteiger partial charge on any atom is 0.325 e. The molecule has 6 nitrogen and oxygen atoms in total. The second kappa shape index (κ2) is 4.85. The number of nitrogens with one attached hydrogen (secondary N) is 1. The van der Waals surface area contributed by atoms with Crippen molar-refractivity contribution in [1.29, 1.82) is 0 Å². The quantitative estimate of drug-likeness (QED) is 0.740. The SMILES string of the molecule is NC1(C(=O)O)CCN(C(=O)Nc2ccccc2F)C1. The van der Waals surface area contributed by atoms with Gasteiger partial charge in [0.1, 0.15) is 11.4 Å². The highest BCUT2D eigenvalue weighted by Crippen LogP contribution is 2.21. The number of carbonyl (C=O) groups excluding carboxylic acids is 1. The number of likely N-dealkylation sites (tertiary alicyclic amines) is 1. The molecule has 2 amide bonds. The lowest BCUT2D eigenvalue weighted by molar-refractivity contribution is -0.142. The molecule has 7 heteroatoms. The van der Waals surface area contributed by atoms with Crippen LogP contribution >= 0.6 is 0 Å². The summed E-state index contributed by atoms with van der Waals surface area (Å²) in [5.41, 5.74) is 4.29. The smallest absolute Gasteiger partial charge is 0.325 e. The first-order valence-electron chi connectivity index (χ1n) is 5.75. The Morgan fingerprint density at radius 2 is 2.11 bits per heavy atom. The van der Waals surface area contributed by atoms with E-state index in [1.807, 2.05) is 0 Å². The second-order valence-electron chi connectivity index (χ2n) is 4.54. The van der Waals surface area contributed by atoms with Gasteiger partial charge in [0, 0.05) is 6.54 Å². The van der Waals surface area contributed by atoms with Gasteiger partial charge in [0.25, 0.3) is 0 Å². The summed E-state index contributed by atoms with van der Waals surface area (Å²) in [7, 11) is 0. The van der Waals surface area contributed by atoms with Crippen molar-refractivity contribution in [1.82, 2.24) is 4.90 Å². The summed E-state index contributed by atoms with van der Waals surface area (Å²) in [5, 5.41) is 11.4. The second-order valence-corrected chi connectivity index (χ2v) is 4.54. The largest absolute Gasteiger partial charge is 0.480 e. The number of rotatable bonds is 2. The highest BCUT2D eigenvalue weighted by Gasteiger charge is 2.43. The number of halogens is 1. The summed E-state index contributed by atoms with van der Waals surface area (Å²) in [5.74, 6) is -1.69. The normalized spacial score (nSPS) is 22.3. The highest BCUT2D eigenvalue weighted by atomic mass is 19.1. The molecule has 1 aromatic carbocycles. The molecule has 1 saturated heterocycles. The molecule has 0 aliphatic carbocycles. The monoisotopic (exact) mass is 267 g/mol. The number of para-hydroxylation sites is 1. The number of amides is 2. The molecule has 1 unspecified atom stereocenters. The van der Waals surface area contributed by atoms with Crippen molar-refractivity contribution >= 4 is 17.7 Å². The molecule has 1 aliphatic rings. The molecule has 0 aromatic heterocycles. The minimum Gasteiger partial charge on any atom is -0.480 e. The Kier molecular flexibility index (Phi) is 3.39. The maximum absolute atomic E-state index is 13.4. The number of aliphatic carboxylic acids is 1. The van der Waals surface area contributed by atoms with Crippen LogP contribution in [0.15, 0.2) is 24.3 Å². The number of benzene rings is 1. The Hall–Kier alpha value is -2.15. The van der Waals surface area contributed by atoms with Gasteiger partial charge in [-0.05, 0) is 18.6 Å². The van der Waals surface area contributed by atoms with Crippen molar-refractivity contribution in [2.75, 3.05) is 18.4 Å². The van der Waals surface area contributed by atoms with E-state index in [-0.39, 0.29) is 25.2 Å². The van der Waals surface area contributed by atoms with Gasteiger partial charge >= 0.3 is 12.0 Å². The fourth-order valence-corrected chi connectivity index (χ4v) is 1.94. The lowest BCUT2D eigenvalue weighted by Crippen LogP contribution is -2.51. The van der Waals surface area contributed by atoms with Crippen LogP contribution in [0.25, 0.3) is 0 Å². The van der Waals surface area contributed by atoms with Gasteiger partial charge in [0.2, 0.25) is 0 Å². The number of urea groups is 1. The van der Waals surface area contributed by atoms with Crippen LogP contribution in [0.1, 0.15) is 6.42 Å². The zero-order valence-electron chi connectivity index (χ0n) is 10.1. The zero-order valence-corrected chi connectivity index (χ0v) is 10.1. The van der Waals surface area contributed by atoms with Gasteiger partial charge < -0.3 is 21.1 Å². The number of anilines is 1. The minimum atomic E-state index is -1.42. The van der Waals surface area contributed by atoms with Crippen LogP contribution in [-0.4, -0.2) is 40.6 Å². The first-order valence-corrected chi connectivity index (χ1v) is 5.75. The molecule has 2 rings (SSSR count). The van der Waals surface area contributed by atoms with E-state index in [9.17, 15) is 14.0 Å². The van der Waals surface area contributed by atoms with Crippen LogP contribution in [0.3, 0.4) is 0 Å². The molecule has 1 aliphatic heterocycles. The number of hydrogen-bond donors (Lipinski definition) is 3. The number of carboxylic acid groups (broad SMARTS) is 1. The molecule has 0 saturated carbocycles. The van der Waals surface area contributed by atoms with Crippen molar-refractivity contribution in [2.45, 2.75) is 12.0 Å². The molecule has 1 atom stereocenters. The number of carbonyl (C=O) groups is 2. The fourth-order valence-electron chi connectivity index (χ4n) is 1.94. The topological polar surface area (TPSA) is 95.7 Å². The van der Waals surface area contributed by atoms with E-state index in [2.05, 4.69) is 5.32 Å². The van der Waals surface area contributed by atoms with E-state index < -0.39 is 23.4 Å². The average molecular weight is 267 g/mol. The summed E-state index contributed by atoms with van der Waals surface area (Å²) in [6, 6.07) is 5.20. The van der Waals surface area contributed by atoms with Gasteiger partial charge in [-0.15, -0.1) is 0 Å². The van der Waals surface area contributed by atoms with Crippen LogP contribution < -0.4 is 11.1 Å². The number of hydrogen-bond acceptors (Lipinski definition) is 3. The molecular formula is C12H14FN3O3. The van der Waals surface area contributed by atoms with Gasteiger partial charge in [-0.2, -0.15) is 0 Å². The lowest BCUT2D eigenvalue weighted by atomic mass is 10.0. The molecule has 1 fully saturated rings. The summed E-state index contributed by atoms with van der Waals surface area (Å²) in [6.45, 7) is 0.131. The van der Waals surface area contributed by atoms with Crippen LogP contribution in [0, 0.1) is 5.82 Å². The fraction of sp³-hybridized carbons (Fsp3) is 0.333. The van der Waals surface area contributed by atoms with E-state index in [1.54, 1.807) is 6.07 Å². The van der Waals surface area contributed by atoms with E-state index in [0.29, 0.717) is 0 Å². The third-order valence-corrected chi connectivity index (χ3v) is 3.13. The Bertz CT molecular complexity index is 523. The number of nitrogens with two attached hydrogens (primary N) is 1. The first-order chi connectivity index (χ1) is 8.92. The van der Waals surface area contributed by atoms with Crippen LogP contribution in [-0.2, 0) is 4.79 Å². The maximum atomic E-state index is 13.4. The molecular weight excluding hydrogens is 253 g/mol. The zero-order chi connectivity index (χ0) is 14.0. The Labute approximate surface area is 109 Å². The molecule has 1 aromatic rings. The Balaban J connectivity index is 2.03. The predicted molar refractivity (Wildman–Crippen MR) is 66.2 cm³/mol. The summed E-state index contributed by atoms with van der Waals surface area (Å²) in [4.78, 5) is 24.1. The van der Waals surface area contributed by atoms with Gasteiger partial charge in [-0.25, -0.2) is 9.18 Å². The Morgan fingerprint density at radius 1 is 1.42 bits per heavy atom. The average Bonchev–Trinajstić information content (AvgIpc) is 2.76. The van der Waals surface area contributed by atoms with Crippen LogP contribution in [0.2, 0.25) is 0 Å². The molecule has 102 valence electrons. The summed E-state index contributed by atoms with van der Waals surface area (Å²) >= 11 is 0. The van der Waals surface area contributed by atoms with Crippen molar-refractivity contribution in [3.8, 4) is 0 Å². The van der Waals surface area contributed by atoms with Gasteiger partial charge in [0.15, 0.2) is 0 Å². The van der Waals surface area contributed by atoms with E-state index in [4.69, 9.17) is 10.8 Å². The Morgan fingerprint density at radius 3 is 2.68 bits per heavy atom. The molecule has 0 radical (unpaired) electrons. The van der Waals surface area contributed by atoms with Gasteiger partial charge in [-0.1, -0.05) is 12.1 Å². The number of nitrogens with zero attached hydrogens (tertiary/aromatic N) is 1. The predicted octanol–water partition coefficient (Wildman–Crippen LogP) is 0.845.